The van der Waals surface area contributed by atoms with E-state index in [-0.39, 0.29) is 11.9 Å². The number of methoxy groups -OCH3 is 1. The second kappa shape index (κ2) is 10.1. The Bertz CT molecular complexity index is 1620. The van der Waals surface area contributed by atoms with E-state index in [1.54, 1.807) is 13.3 Å². The fourth-order valence-corrected chi connectivity index (χ4v) is 4.30. The van der Waals surface area contributed by atoms with Crippen molar-refractivity contribution in [2.24, 2.45) is 4.99 Å². The Hall–Kier alpha value is -4.72. The molecule has 8 heteroatoms. The monoisotopic (exact) mass is 492 g/mol. The van der Waals surface area contributed by atoms with Crippen molar-refractivity contribution in [3.63, 3.8) is 0 Å². The third kappa shape index (κ3) is 4.99. The van der Waals surface area contributed by atoms with E-state index < -0.39 is 0 Å². The van der Waals surface area contributed by atoms with Gasteiger partial charge in [-0.15, -0.1) is 0 Å². The van der Waals surface area contributed by atoms with Crippen molar-refractivity contribution in [3.05, 3.63) is 84.4 Å². The molecule has 0 saturated carbocycles. The number of para-hydroxylation sites is 2. The number of hydrogen-bond acceptors (Lipinski definition) is 6. The van der Waals surface area contributed by atoms with Crippen LogP contribution in [0.1, 0.15) is 20.8 Å². The van der Waals surface area contributed by atoms with Gasteiger partial charge in [-0.3, -0.25) is 9.79 Å². The number of carbonyl (C=O) groups excluding carboxylic acids is 1. The van der Waals surface area contributed by atoms with Crippen LogP contribution in [0.5, 0.6) is 5.88 Å². The number of carbonyl (C=O) groups is 1. The van der Waals surface area contributed by atoms with Crippen molar-refractivity contribution in [1.29, 1.82) is 0 Å². The second-order valence-electron chi connectivity index (χ2n) is 8.93. The summed E-state index contributed by atoms with van der Waals surface area (Å²) < 4.78 is 7.61. The minimum atomic E-state index is -0.106. The van der Waals surface area contributed by atoms with Crippen molar-refractivity contribution < 1.29 is 9.53 Å². The van der Waals surface area contributed by atoms with Crippen molar-refractivity contribution in [2.45, 2.75) is 26.8 Å². The van der Waals surface area contributed by atoms with Gasteiger partial charge in [0.1, 0.15) is 5.69 Å². The minimum Gasteiger partial charge on any atom is -0.480 e. The second-order valence-corrected chi connectivity index (χ2v) is 8.93. The number of nitrogens with one attached hydrogen (secondary N) is 2. The number of nitrogens with zero attached hydrogens (tertiary/aromatic N) is 4. The quantitative estimate of drug-likeness (QED) is 0.303. The van der Waals surface area contributed by atoms with Gasteiger partial charge >= 0.3 is 0 Å². The van der Waals surface area contributed by atoms with Crippen LogP contribution in [0.3, 0.4) is 0 Å². The van der Waals surface area contributed by atoms with Crippen LogP contribution in [-0.4, -0.2) is 33.6 Å². The molecule has 8 nitrogen and oxygen atoms in total. The molecule has 0 fully saturated rings. The summed E-state index contributed by atoms with van der Waals surface area (Å²) in [5, 5.41) is 7.08. The lowest BCUT2D eigenvalue weighted by Crippen LogP contribution is -2.16. The van der Waals surface area contributed by atoms with E-state index in [4.69, 9.17) is 14.7 Å². The standard InChI is InChI=1S/C29H28N6O2/c1-18(2)31-25-17-28-26(16-24(25)34-23-9-7-15-30-29(23)37-4)33-22-8-5-6-10-27(22)35(28)21-13-11-20(12-14-21)32-19(3)36/h5-18,34H,1-4H3,(H,32,36). The van der Waals surface area contributed by atoms with E-state index in [9.17, 15) is 4.79 Å². The smallest absolute Gasteiger partial charge is 0.237 e. The van der Waals surface area contributed by atoms with E-state index >= 15 is 0 Å². The molecular formula is C29H28N6O2. The SMILES string of the molecule is COc1ncccc1Nc1cc2nc3ccccc3n(-c3ccc(NC(C)=O)cc3)c-2cc1=NC(C)C. The van der Waals surface area contributed by atoms with E-state index in [1.165, 1.54) is 6.92 Å². The molecule has 1 aliphatic carbocycles. The summed E-state index contributed by atoms with van der Waals surface area (Å²) in [4.78, 5) is 25.7. The zero-order valence-corrected chi connectivity index (χ0v) is 21.2. The molecule has 5 rings (SSSR count). The van der Waals surface area contributed by atoms with Gasteiger partial charge in [-0.25, -0.2) is 9.97 Å². The van der Waals surface area contributed by atoms with Crippen molar-refractivity contribution in [1.82, 2.24) is 14.5 Å². The highest BCUT2D eigenvalue weighted by Crippen LogP contribution is 2.32. The van der Waals surface area contributed by atoms with E-state index in [2.05, 4.69) is 32.3 Å². The first kappa shape index (κ1) is 24.0. The van der Waals surface area contributed by atoms with Crippen LogP contribution in [0.2, 0.25) is 0 Å². The molecule has 0 bridgehead atoms. The summed E-state index contributed by atoms with van der Waals surface area (Å²) in [7, 11) is 1.60. The minimum absolute atomic E-state index is 0.0765. The highest BCUT2D eigenvalue weighted by Gasteiger charge is 2.17. The number of anilines is 3. The van der Waals surface area contributed by atoms with E-state index in [0.717, 1.165) is 50.5 Å². The van der Waals surface area contributed by atoms with Crippen LogP contribution in [0.15, 0.2) is 84.0 Å². The summed E-state index contributed by atoms with van der Waals surface area (Å²) >= 11 is 0. The lowest BCUT2D eigenvalue weighted by molar-refractivity contribution is -0.114. The molecule has 0 atom stereocenters. The number of pyridine rings is 1. The van der Waals surface area contributed by atoms with Crippen molar-refractivity contribution >= 4 is 34.0 Å². The number of amides is 1. The zero-order chi connectivity index (χ0) is 25.9. The first-order valence-corrected chi connectivity index (χ1v) is 12.1. The predicted octanol–water partition coefficient (Wildman–Crippen LogP) is 5.55. The number of ether oxygens (including phenoxy) is 1. The molecule has 2 aromatic carbocycles. The maximum atomic E-state index is 11.5. The van der Waals surface area contributed by atoms with Gasteiger partial charge in [0.2, 0.25) is 11.8 Å². The molecule has 2 N–H and O–H groups in total. The molecule has 1 amide bonds. The lowest BCUT2D eigenvalue weighted by Gasteiger charge is -2.21. The summed E-state index contributed by atoms with van der Waals surface area (Å²) in [6.45, 7) is 5.59. The Labute approximate surface area is 215 Å². The molecule has 0 spiro atoms. The van der Waals surface area contributed by atoms with Crippen LogP contribution >= 0.6 is 0 Å². The van der Waals surface area contributed by atoms with Crippen molar-refractivity contribution in [2.75, 3.05) is 17.7 Å². The molecule has 2 heterocycles. The van der Waals surface area contributed by atoms with Gasteiger partial charge in [0.15, 0.2) is 0 Å². The topological polar surface area (TPSA) is 93.4 Å². The molecule has 3 aromatic rings. The summed E-state index contributed by atoms with van der Waals surface area (Å²) in [5.74, 6) is 0.393. The number of benzene rings is 3. The third-order valence-corrected chi connectivity index (χ3v) is 5.77. The van der Waals surface area contributed by atoms with Gasteiger partial charge in [0.05, 0.1) is 40.6 Å². The Morgan fingerprint density at radius 1 is 1.00 bits per heavy atom. The first-order chi connectivity index (χ1) is 17.9. The van der Waals surface area contributed by atoms with E-state index in [1.807, 2.05) is 74.5 Å². The van der Waals surface area contributed by atoms with Crippen LogP contribution in [0.25, 0.3) is 28.1 Å². The molecular weight excluding hydrogens is 464 g/mol. The third-order valence-electron chi connectivity index (χ3n) is 5.77. The normalized spacial score (nSPS) is 11.8. The summed E-state index contributed by atoms with van der Waals surface area (Å²) in [6, 6.07) is 23.7. The number of aromatic nitrogens is 3. The van der Waals surface area contributed by atoms with Crippen LogP contribution < -0.4 is 20.7 Å². The van der Waals surface area contributed by atoms with Gasteiger partial charge in [0, 0.05) is 30.5 Å². The largest absolute Gasteiger partial charge is 0.480 e. The fourth-order valence-electron chi connectivity index (χ4n) is 4.30. The molecule has 0 saturated heterocycles. The summed E-state index contributed by atoms with van der Waals surface area (Å²) in [6.07, 6.45) is 1.69. The zero-order valence-electron chi connectivity index (χ0n) is 21.2. The first-order valence-electron chi connectivity index (χ1n) is 12.1. The maximum absolute atomic E-state index is 11.5. The highest BCUT2D eigenvalue weighted by molar-refractivity contribution is 5.89. The van der Waals surface area contributed by atoms with Crippen LogP contribution in [0, 0.1) is 0 Å². The average molecular weight is 493 g/mol. The Balaban J connectivity index is 1.76. The van der Waals surface area contributed by atoms with Gasteiger partial charge in [-0.1, -0.05) is 12.1 Å². The van der Waals surface area contributed by atoms with Crippen LogP contribution in [-0.2, 0) is 4.79 Å². The molecule has 1 aliphatic heterocycles. The van der Waals surface area contributed by atoms with Gasteiger partial charge in [-0.05, 0) is 74.5 Å². The molecule has 0 unspecified atom stereocenters. The Morgan fingerprint density at radius 3 is 2.51 bits per heavy atom. The van der Waals surface area contributed by atoms with E-state index in [0.29, 0.717) is 5.88 Å². The molecule has 37 heavy (non-hydrogen) atoms. The van der Waals surface area contributed by atoms with Gasteiger partial charge in [0.25, 0.3) is 0 Å². The maximum Gasteiger partial charge on any atom is 0.237 e. The number of fused-ring (bicyclic) bond motifs is 2. The fraction of sp³-hybridized carbons (Fsp3) is 0.172. The Morgan fingerprint density at radius 2 is 1.78 bits per heavy atom. The summed E-state index contributed by atoms with van der Waals surface area (Å²) in [5.41, 5.74) is 6.78. The van der Waals surface area contributed by atoms with Gasteiger partial charge in [-0.2, -0.15) is 0 Å². The predicted molar refractivity (Wildman–Crippen MR) is 147 cm³/mol. The Kier molecular flexibility index (Phi) is 6.55. The molecule has 1 aromatic heterocycles. The highest BCUT2D eigenvalue weighted by atomic mass is 16.5. The average Bonchev–Trinajstić information content (AvgIpc) is 2.88. The molecule has 186 valence electrons. The number of rotatable bonds is 6. The molecule has 0 radical (unpaired) electrons. The van der Waals surface area contributed by atoms with Crippen molar-refractivity contribution in [3.8, 4) is 23.0 Å². The number of hydrogen-bond donors (Lipinski definition) is 2. The van der Waals surface area contributed by atoms with Gasteiger partial charge < -0.3 is 19.9 Å². The lowest BCUT2D eigenvalue weighted by atomic mass is 10.1. The molecule has 2 aliphatic rings. The van der Waals surface area contributed by atoms with Crippen LogP contribution in [0.4, 0.5) is 17.1 Å².